The molecule has 0 unspecified atom stereocenters. The molecule has 3 N–H and O–H groups in total. The Labute approximate surface area is 121 Å². The van der Waals surface area contributed by atoms with Gasteiger partial charge in [0.15, 0.2) is 0 Å². The Morgan fingerprint density at radius 1 is 1.33 bits per heavy atom. The highest BCUT2D eigenvalue weighted by Crippen LogP contribution is 2.25. The zero-order chi connectivity index (χ0) is 14.8. The first-order valence-corrected chi connectivity index (χ1v) is 6.50. The quantitative estimate of drug-likeness (QED) is 0.766. The van der Waals surface area contributed by atoms with E-state index in [1.165, 1.54) is 12.4 Å². The lowest BCUT2D eigenvalue weighted by atomic mass is 10.2. The number of nitrogens with one attached hydrogen (secondary N) is 1. The van der Waals surface area contributed by atoms with Crippen molar-refractivity contribution in [3.05, 3.63) is 54.2 Å². The molecule has 1 aromatic carbocycles. The van der Waals surface area contributed by atoms with E-state index in [4.69, 9.17) is 10.2 Å². The molecule has 1 atom stereocenters. The maximum Gasteiger partial charge on any atom is 0.268 e. The van der Waals surface area contributed by atoms with E-state index in [0.717, 1.165) is 16.7 Å². The molecule has 0 fully saturated rings. The average molecular weight is 282 g/mol. The minimum absolute atomic E-state index is 0.116. The van der Waals surface area contributed by atoms with Gasteiger partial charge in [-0.25, -0.2) is 4.98 Å². The molecule has 0 aliphatic heterocycles. The summed E-state index contributed by atoms with van der Waals surface area (Å²) in [6.45, 7) is 1.94. The minimum atomic E-state index is -0.609. The SMILES string of the molecule is C[C@@H](Nc1cncc(C(N)=O)n1)c1cc2ccccc2o1. The van der Waals surface area contributed by atoms with E-state index in [9.17, 15) is 4.79 Å². The largest absolute Gasteiger partial charge is 0.459 e. The Morgan fingerprint density at radius 2 is 2.14 bits per heavy atom. The lowest BCUT2D eigenvalue weighted by molar-refractivity contribution is 0.0995. The molecule has 0 spiro atoms. The minimum Gasteiger partial charge on any atom is -0.459 e. The lowest BCUT2D eigenvalue weighted by Gasteiger charge is -2.11. The van der Waals surface area contributed by atoms with Crippen molar-refractivity contribution in [2.45, 2.75) is 13.0 Å². The number of nitrogens with zero attached hydrogens (tertiary/aromatic N) is 2. The molecule has 3 aromatic rings. The van der Waals surface area contributed by atoms with Gasteiger partial charge in [0.25, 0.3) is 5.91 Å². The van der Waals surface area contributed by atoms with Crippen LogP contribution in [0.15, 0.2) is 47.1 Å². The van der Waals surface area contributed by atoms with Crippen LogP contribution in [-0.4, -0.2) is 15.9 Å². The maximum absolute atomic E-state index is 11.1. The van der Waals surface area contributed by atoms with Crippen LogP contribution in [0.5, 0.6) is 0 Å². The van der Waals surface area contributed by atoms with Gasteiger partial charge in [-0.1, -0.05) is 18.2 Å². The van der Waals surface area contributed by atoms with Crippen molar-refractivity contribution in [2.24, 2.45) is 5.73 Å². The third-order valence-corrected chi connectivity index (χ3v) is 3.12. The van der Waals surface area contributed by atoms with E-state index < -0.39 is 5.91 Å². The number of carbonyl (C=O) groups is 1. The number of carbonyl (C=O) groups excluding carboxylic acids is 1. The number of benzene rings is 1. The fourth-order valence-corrected chi connectivity index (χ4v) is 2.06. The number of furan rings is 1. The molecule has 0 radical (unpaired) electrons. The maximum atomic E-state index is 11.1. The van der Waals surface area contributed by atoms with Crippen molar-refractivity contribution in [1.29, 1.82) is 0 Å². The van der Waals surface area contributed by atoms with Crippen LogP contribution in [0.4, 0.5) is 5.82 Å². The Morgan fingerprint density at radius 3 is 2.90 bits per heavy atom. The Hall–Kier alpha value is -2.89. The van der Waals surface area contributed by atoms with Crippen LogP contribution >= 0.6 is 0 Å². The lowest BCUT2D eigenvalue weighted by Crippen LogP contribution is -2.15. The van der Waals surface area contributed by atoms with Gasteiger partial charge in [0.05, 0.1) is 18.4 Å². The highest BCUT2D eigenvalue weighted by molar-refractivity contribution is 5.90. The molecule has 6 nitrogen and oxygen atoms in total. The van der Waals surface area contributed by atoms with Gasteiger partial charge >= 0.3 is 0 Å². The highest BCUT2D eigenvalue weighted by atomic mass is 16.3. The van der Waals surface area contributed by atoms with Crippen molar-refractivity contribution < 1.29 is 9.21 Å². The number of fused-ring (bicyclic) bond motifs is 1. The van der Waals surface area contributed by atoms with Gasteiger partial charge in [0.1, 0.15) is 22.9 Å². The monoisotopic (exact) mass is 282 g/mol. The predicted molar refractivity (Wildman–Crippen MR) is 78.8 cm³/mol. The zero-order valence-corrected chi connectivity index (χ0v) is 11.4. The summed E-state index contributed by atoms with van der Waals surface area (Å²) in [4.78, 5) is 19.1. The summed E-state index contributed by atoms with van der Waals surface area (Å²) in [6.07, 6.45) is 2.87. The van der Waals surface area contributed by atoms with Gasteiger partial charge < -0.3 is 15.5 Å². The first kappa shape index (κ1) is 13.1. The number of amides is 1. The van der Waals surface area contributed by atoms with Crippen LogP contribution < -0.4 is 11.1 Å². The molecule has 3 rings (SSSR count). The van der Waals surface area contributed by atoms with Crippen molar-refractivity contribution in [1.82, 2.24) is 9.97 Å². The zero-order valence-electron chi connectivity index (χ0n) is 11.4. The summed E-state index contributed by atoms with van der Waals surface area (Å²) < 4.78 is 5.78. The molecule has 6 heteroatoms. The number of nitrogens with two attached hydrogens (primary N) is 1. The summed E-state index contributed by atoms with van der Waals surface area (Å²) in [7, 11) is 0. The van der Waals surface area contributed by atoms with Gasteiger partial charge in [0.2, 0.25) is 0 Å². The fraction of sp³-hybridized carbons (Fsp3) is 0.133. The standard InChI is InChI=1S/C15H14N4O2/c1-9(13-6-10-4-2-3-5-12(10)21-13)18-14-8-17-7-11(19-14)15(16)20/h2-9H,1H3,(H2,16,20)(H,18,19)/t9-/m1/s1. The predicted octanol–water partition coefficient (Wildman–Crippen LogP) is 2.49. The third-order valence-electron chi connectivity index (χ3n) is 3.12. The third kappa shape index (κ3) is 2.69. The summed E-state index contributed by atoms with van der Waals surface area (Å²) >= 11 is 0. The van der Waals surface area contributed by atoms with Gasteiger partial charge in [-0.3, -0.25) is 9.78 Å². The number of hydrogen-bond acceptors (Lipinski definition) is 5. The number of primary amides is 1. The second kappa shape index (κ2) is 5.24. The van der Waals surface area contributed by atoms with E-state index in [-0.39, 0.29) is 11.7 Å². The molecule has 21 heavy (non-hydrogen) atoms. The second-order valence-electron chi connectivity index (χ2n) is 4.71. The highest BCUT2D eigenvalue weighted by Gasteiger charge is 2.13. The van der Waals surface area contributed by atoms with E-state index in [1.54, 1.807) is 0 Å². The number of hydrogen-bond donors (Lipinski definition) is 2. The van der Waals surface area contributed by atoms with Gasteiger partial charge in [-0.2, -0.15) is 0 Å². The summed E-state index contributed by atoms with van der Waals surface area (Å²) in [5.74, 6) is 0.643. The van der Waals surface area contributed by atoms with Gasteiger partial charge in [0, 0.05) is 5.39 Å². The smallest absolute Gasteiger partial charge is 0.268 e. The van der Waals surface area contributed by atoms with Crippen molar-refractivity contribution >= 4 is 22.7 Å². The van der Waals surface area contributed by atoms with Crippen LogP contribution in [0.2, 0.25) is 0 Å². The summed E-state index contributed by atoms with van der Waals surface area (Å²) in [5.41, 5.74) is 6.14. The Kier molecular flexibility index (Phi) is 3.27. The number of rotatable bonds is 4. The molecule has 2 aromatic heterocycles. The molecular formula is C15H14N4O2. The molecule has 106 valence electrons. The van der Waals surface area contributed by atoms with Crippen LogP contribution in [0.3, 0.4) is 0 Å². The average Bonchev–Trinajstić information content (AvgIpc) is 2.91. The Balaban J connectivity index is 1.84. The molecular weight excluding hydrogens is 268 g/mol. The molecule has 1 amide bonds. The van der Waals surface area contributed by atoms with Crippen LogP contribution in [0.25, 0.3) is 11.0 Å². The van der Waals surface area contributed by atoms with Crippen molar-refractivity contribution in [2.75, 3.05) is 5.32 Å². The molecule has 2 heterocycles. The van der Waals surface area contributed by atoms with Gasteiger partial charge in [-0.15, -0.1) is 0 Å². The first-order valence-electron chi connectivity index (χ1n) is 6.50. The normalized spacial score (nSPS) is 12.2. The van der Waals surface area contributed by atoms with E-state index in [1.807, 2.05) is 37.3 Å². The summed E-state index contributed by atoms with van der Waals surface area (Å²) in [5, 5.41) is 4.18. The first-order chi connectivity index (χ1) is 10.1. The molecule has 0 saturated carbocycles. The van der Waals surface area contributed by atoms with E-state index >= 15 is 0 Å². The van der Waals surface area contributed by atoms with Gasteiger partial charge in [-0.05, 0) is 19.1 Å². The number of anilines is 1. The van der Waals surface area contributed by atoms with Crippen molar-refractivity contribution in [3.8, 4) is 0 Å². The van der Waals surface area contributed by atoms with Crippen LogP contribution in [0.1, 0.15) is 29.2 Å². The Bertz CT molecular complexity index is 764. The van der Waals surface area contributed by atoms with Crippen molar-refractivity contribution in [3.63, 3.8) is 0 Å². The van der Waals surface area contributed by atoms with Crippen LogP contribution in [-0.2, 0) is 0 Å². The molecule has 0 saturated heterocycles. The fourth-order valence-electron chi connectivity index (χ4n) is 2.06. The van der Waals surface area contributed by atoms with Crippen LogP contribution in [0, 0.1) is 0 Å². The topological polar surface area (TPSA) is 94.0 Å². The number of aromatic nitrogens is 2. The molecule has 0 bridgehead atoms. The van der Waals surface area contributed by atoms with E-state index in [0.29, 0.717) is 5.82 Å². The van der Waals surface area contributed by atoms with E-state index in [2.05, 4.69) is 15.3 Å². The molecule has 0 aliphatic carbocycles. The number of para-hydroxylation sites is 1. The summed E-state index contributed by atoms with van der Waals surface area (Å²) in [6, 6.07) is 9.65. The second-order valence-corrected chi connectivity index (χ2v) is 4.71. The molecule has 0 aliphatic rings.